The Hall–Kier alpha value is 1.48. The van der Waals surface area contributed by atoms with E-state index in [-0.39, 0.29) is 0 Å². The van der Waals surface area contributed by atoms with Crippen molar-refractivity contribution in [1.82, 2.24) is 0 Å². The number of rotatable bonds is 1. The van der Waals surface area contributed by atoms with E-state index in [1.165, 1.54) is 0 Å². The maximum atomic E-state index is 11.6. The molecule has 0 radical (unpaired) electrons. The van der Waals surface area contributed by atoms with Crippen molar-refractivity contribution < 1.29 is 13.2 Å². The maximum Gasteiger partial charge on any atom is 0.403 e. The Balaban J connectivity index is 3.88. The predicted octanol–water partition coefficient (Wildman–Crippen LogP) is 3.47. The lowest BCUT2D eigenvalue weighted by Crippen LogP contribution is -2.27. The molecule has 0 bridgehead atoms. The van der Waals surface area contributed by atoms with Crippen molar-refractivity contribution in [3.8, 4) is 0 Å². The molecule has 0 aliphatic rings. The molecule has 2 unspecified atom stereocenters. The molecule has 0 rings (SSSR count). The fourth-order valence-electron chi connectivity index (χ4n) is 0.143. The highest BCUT2D eigenvalue weighted by molar-refractivity contribution is 14.1. The first-order chi connectivity index (χ1) is 3.85. The summed E-state index contributed by atoms with van der Waals surface area (Å²) in [6, 6.07) is 0. The molecule has 0 saturated heterocycles. The molecule has 0 heterocycles. The van der Waals surface area contributed by atoms with Crippen LogP contribution in [0.15, 0.2) is 0 Å². The molecule has 0 aliphatic heterocycles. The van der Waals surface area contributed by atoms with Crippen LogP contribution >= 0.6 is 54.5 Å². The van der Waals surface area contributed by atoms with E-state index in [0.29, 0.717) is 0 Å². The lowest BCUT2D eigenvalue weighted by atomic mass is 10.5. The molecule has 0 fully saturated rings. The highest BCUT2D eigenvalue weighted by atomic mass is 127. The maximum absolute atomic E-state index is 11.6. The lowest BCUT2D eigenvalue weighted by molar-refractivity contribution is -0.123. The van der Waals surface area contributed by atoms with Crippen molar-refractivity contribution >= 4 is 54.5 Å². The largest absolute Gasteiger partial charge is 0.403 e. The van der Waals surface area contributed by atoms with Gasteiger partial charge in [0.05, 0.1) is 2.83 Å². The van der Waals surface area contributed by atoms with Gasteiger partial charge < -0.3 is 0 Å². The molecule has 0 aromatic rings. The molecular formula is C3H2Br2F3I. The summed E-state index contributed by atoms with van der Waals surface area (Å²) in [5.41, 5.74) is 0. The average molecular weight is 382 g/mol. The normalized spacial score (nSPS) is 19.3. The molecule has 0 nitrogen and oxygen atoms in total. The Morgan fingerprint density at radius 2 is 1.56 bits per heavy atom. The molecular weight excluding hydrogens is 380 g/mol. The highest BCUT2D eigenvalue weighted by Gasteiger charge is 2.41. The van der Waals surface area contributed by atoms with E-state index in [1.807, 2.05) is 0 Å². The van der Waals surface area contributed by atoms with Gasteiger partial charge in [-0.2, -0.15) is 13.2 Å². The van der Waals surface area contributed by atoms with E-state index in [0.717, 1.165) is 0 Å². The van der Waals surface area contributed by atoms with E-state index in [1.54, 1.807) is 22.6 Å². The van der Waals surface area contributed by atoms with Crippen LogP contribution in [0.3, 0.4) is 0 Å². The van der Waals surface area contributed by atoms with Crippen LogP contribution in [-0.2, 0) is 0 Å². The molecule has 0 aromatic carbocycles. The third kappa shape index (κ3) is 4.02. The van der Waals surface area contributed by atoms with Crippen molar-refractivity contribution in [2.75, 3.05) is 0 Å². The first kappa shape index (κ1) is 10.5. The zero-order valence-electron chi connectivity index (χ0n) is 3.92. The van der Waals surface area contributed by atoms with Gasteiger partial charge in [0.2, 0.25) is 0 Å². The molecule has 0 aromatic heterocycles. The minimum absolute atomic E-state index is 0.616. The van der Waals surface area contributed by atoms with Gasteiger partial charge in [0.25, 0.3) is 0 Å². The minimum atomic E-state index is -4.16. The summed E-state index contributed by atoms with van der Waals surface area (Å²) in [7, 11) is 0. The van der Waals surface area contributed by atoms with Crippen molar-refractivity contribution in [1.29, 1.82) is 0 Å². The van der Waals surface area contributed by atoms with E-state index in [9.17, 15) is 13.2 Å². The van der Waals surface area contributed by atoms with Gasteiger partial charge in [-0.05, 0) is 0 Å². The monoisotopic (exact) mass is 380 g/mol. The van der Waals surface area contributed by atoms with Gasteiger partial charge in [0.1, 0.15) is 4.83 Å². The molecule has 0 amide bonds. The number of halogens is 6. The van der Waals surface area contributed by atoms with Crippen LogP contribution in [0.2, 0.25) is 0 Å². The molecule has 0 aliphatic carbocycles. The van der Waals surface area contributed by atoms with Crippen LogP contribution in [0.4, 0.5) is 13.2 Å². The van der Waals surface area contributed by atoms with E-state index < -0.39 is 13.8 Å². The predicted molar refractivity (Wildman–Crippen MR) is 45.5 cm³/mol. The summed E-state index contributed by atoms with van der Waals surface area (Å²) in [5, 5.41) is 0. The van der Waals surface area contributed by atoms with Gasteiger partial charge in [0, 0.05) is 0 Å². The number of alkyl halides is 6. The zero-order chi connectivity index (χ0) is 7.65. The second-order valence-electron chi connectivity index (χ2n) is 1.28. The second kappa shape index (κ2) is 3.75. The van der Waals surface area contributed by atoms with Gasteiger partial charge >= 0.3 is 6.18 Å². The molecule has 0 saturated carbocycles. The van der Waals surface area contributed by atoms with Gasteiger partial charge in [-0.1, -0.05) is 54.5 Å². The third-order valence-corrected chi connectivity index (χ3v) is 4.53. The summed E-state index contributed by atoms with van der Waals surface area (Å²) >= 11 is 6.92. The van der Waals surface area contributed by atoms with Crippen LogP contribution in [-0.4, -0.2) is 13.8 Å². The van der Waals surface area contributed by atoms with Crippen LogP contribution in [0, 0.1) is 0 Å². The molecule has 9 heavy (non-hydrogen) atoms. The Bertz CT molecular complexity index is 91.5. The van der Waals surface area contributed by atoms with Gasteiger partial charge in [-0.15, -0.1) is 0 Å². The van der Waals surface area contributed by atoms with Gasteiger partial charge in [0.15, 0.2) is 0 Å². The van der Waals surface area contributed by atoms with Crippen LogP contribution in [0.25, 0.3) is 0 Å². The average Bonchev–Trinajstić information content (AvgIpc) is 1.62. The Kier molecular flexibility index (Phi) is 4.37. The quantitative estimate of drug-likeness (QED) is 0.482. The first-order valence-electron chi connectivity index (χ1n) is 1.84. The van der Waals surface area contributed by atoms with Crippen molar-refractivity contribution in [3.05, 3.63) is 0 Å². The fourth-order valence-corrected chi connectivity index (χ4v) is 0.850. The molecule has 56 valence electrons. The topological polar surface area (TPSA) is 0 Å². The summed E-state index contributed by atoms with van der Waals surface area (Å²) < 4.78 is 34.2. The molecule has 0 N–H and O–H groups in total. The summed E-state index contributed by atoms with van der Waals surface area (Å²) in [6.45, 7) is 0. The van der Waals surface area contributed by atoms with Crippen molar-refractivity contribution in [2.45, 2.75) is 13.8 Å². The third-order valence-electron chi connectivity index (χ3n) is 0.534. The van der Waals surface area contributed by atoms with E-state index in [4.69, 9.17) is 0 Å². The zero-order valence-corrected chi connectivity index (χ0v) is 9.25. The van der Waals surface area contributed by atoms with E-state index >= 15 is 0 Å². The molecule has 0 spiro atoms. The van der Waals surface area contributed by atoms with Crippen LogP contribution in [0.5, 0.6) is 0 Å². The van der Waals surface area contributed by atoms with Crippen LogP contribution < -0.4 is 0 Å². The van der Waals surface area contributed by atoms with Gasteiger partial charge in [-0.3, -0.25) is 0 Å². The van der Waals surface area contributed by atoms with Gasteiger partial charge in [-0.25, -0.2) is 0 Å². The fraction of sp³-hybridized carbons (Fsp3) is 1.00. The van der Waals surface area contributed by atoms with Crippen LogP contribution in [0.1, 0.15) is 0 Å². The Morgan fingerprint density at radius 1 is 1.22 bits per heavy atom. The standard InChI is InChI=1S/C3H2Br2F3I/c4-1(2(5)9)3(6,7)8/h1-2H. The number of hydrogen-bond donors (Lipinski definition) is 0. The summed E-state index contributed by atoms with van der Waals surface area (Å²) in [6.07, 6.45) is -4.16. The van der Waals surface area contributed by atoms with Crippen molar-refractivity contribution in [3.63, 3.8) is 0 Å². The second-order valence-corrected chi connectivity index (χ2v) is 6.30. The Morgan fingerprint density at radius 3 is 1.56 bits per heavy atom. The minimum Gasteiger partial charge on any atom is -0.170 e. The number of hydrogen-bond acceptors (Lipinski definition) is 0. The SMILES string of the molecule is FC(F)(F)C(Br)C(Br)I. The smallest absolute Gasteiger partial charge is 0.170 e. The summed E-state index contributed by atoms with van der Waals surface area (Å²) in [5.74, 6) is 0. The Labute approximate surface area is 81.0 Å². The van der Waals surface area contributed by atoms with Crippen molar-refractivity contribution in [2.24, 2.45) is 0 Å². The lowest BCUT2D eigenvalue weighted by Gasteiger charge is -2.14. The van der Waals surface area contributed by atoms with E-state index in [2.05, 4.69) is 31.9 Å². The highest BCUT2D eigenvalue weighted by Crippen LogP contribution is 2.34. The summed E-state index contributed by atoms with van der Waals surface area (Å²) in [4.78, 5) is -1.47. The molecule has 6 heteroatoms. The first-order valence-corrected chi connectivity index (χ1v) is 4.92. The molecule has 2 atom stereocenters.